The molecule has 2 aromatic heterocycles. The first-order valence-electron chi connectivity index (χ1n) is 14.9. The molecule has 6 rings (SSSR count). The fraction of sp³-hybridized carbons (Fsp3) is 0.438. The second kappa shape index (κ2) is 12.7. The van der Waals surface area contributed by atoms with Gasteiger partial charge in [-0.05, 0) is 43.5 Å². The van der Waals surface area contributed by atoms with Crippen molar-refractivity contribution in [2.24, 2.45) is 7.05 Å². The van der Waals surface area contributed by atoms with Crippen molar-refractivity contribution in [1.29, 1.82) is 0 Å². The van der Waals surface area contributed by atoms with Crippen molar-refractivity contribution in [3.63, 3.8) is 0 Å². The number of carbonyl (C=O) groups is 1. The van der Waals surface area contributed by atoms with Gasteiger partial charge < -0.3 is 20.1 Å². The summed E-state index contributed by atoms with van der Waals surface area (Å²) in [7, 11) is 5.43. The zero-order chi connectivity index (χ0) is 29.9. The molecule has 11 nitrogen and oxygen atoms in total. The van der Waals surface area contributed by atoms with Gasteiger partial charge in [0.2, 0.25) is 5.91 Å². The molecule has 11 heteroatoms. The minimum absolute atomic E-state index is 0.0194. The lowest BCUT2D eigenvalue weighted by molar-refractivity contribution is -0.116. The van der Waals surface area contributed by atoms with E-state index in [-0.39, 0.29) is 11.9 Å². The molecule has 226 valence electrons. The number of carbonyl (C=O) groups excluding carboxylic acids is 1. The van der Waals surface area contributed by atoms with E-state index in [0.29, 0.717) is 24.4 Å². The highest BCUT2D eigenvalue weighted by molar-refractivity contribution is 5.88. The first-order chi connectivity index (χ1) is 20.9. The molecule has 1 saturated heterocycles. The molecule has 3 aliphatic rings. The number of rotatable bonds is 9. The molecule has 3 aromatic rings. The third kappa shape index (κ3) is 6.20. The van der Waals surface area contributed by atoms with Crippen LogP contribution in [0.15, 0.2) is 72.7 Å². The summed E-state index contributed by atoms with van der Waals surface area (Å²) in [6.45, 7) is 7.47. The highest BCUT2D eigenvalue weighted by Crippen LogP contribution is 2.32. The summed E-state index contributed by atoms with van der Waals surface area (Å²) < 4.78 is 13.4. The van der Waals surface area contributed by atoms with Gasteiger partial charge in [0.25, 0.3) is 0 Å². The van der Waals surface area contributed by atoms with Crippen molar-refractivity contribution in [3.05, 3.63) is 72.7 Å². The quantitative estimate of drug-likeness (QED) is 0.366. The second-order valence-corrected chi connectivity index (χ2v) is 11.4. The normalized spacial score (nSPS) is 23.3. The van der Waals surface area contributed by atoms with Gasteiger partial charge in [-0.15, -0.1) is 0 Å². The Morgan fingerprint density at radius 2 is 1.91 bits per heavy atom. The van der Waals surface area contributed by atoms with Crippen LogP contribution in [0.2, 0.25) is 0 Å². The molecule has 3 atom stereocenters. The molecule has 3 unspecified atom stereocenters. The maximum Gasteiger partial charge on any atom is 0.247 e. The van der Waals surface area contributed by atoms with Crippen LogP contribution in [0.25, 0.3) is 22.2 Å². The largest absolute Gasteiger partial charge is 0.499 e. The van der Waals surface area contributed by atoms with Crippen LogP contribution in [-0.2, 0) is 21.3 Å². The standard InChI is InChI=1S/C32H40N8O3/c1-5-32(41)37-26-16-27(36-31-17-25(33-20-34-31)21-6-9-28-22(14-21)19-35-38(28)2)30(43-4)18-29(26)40-12-10-39(11-13-40)23-7-8-24(15-23)42-3/h5-6,9,14,16-17,19-20,23-24,29H,1,7-8,10-13,15,18H2,2-4H3,(H,37,41)(H,33,34,36). The molecule has 2 N–H and O–H groups in total. The van der Waals surface area contributed by atoms with Gasteiger partial charge >= 0.3 is 0 Å². The van der Waals surface area contributed by atoms with Gasteiger partial charge in [-0.25, -0.2) is 9.97 Å². The Labute approximate surface area is 252 Å². The zero-order valence-corrected chi connectivity index (χ0v) is 25.1. The van der Waals surface area contributed by atoms with Crippen molar-refractivity contribution in [1.82, 2.24) is 34.9 Å². The maximum absolute atomic E-state index is 12.5. The number of nitrogens with one attached hydrogen (secondary N) is 2. The van der Waals surface area contributed by atoms with Crippen LogP contribution in [-0.4, -0.2) is 94.0 Å². The van der Waals surface area contributed by atoms with Gasteiger partial charge in [0.05, 0.1) is 42.4 Å². The molecule has 0 bridgehead atoms. The first kappa shape index (κ1) is 29.0. The highest BCUT2D eigenvalue weighted by atomic mass is 16.5. The molecule has 1 aromatic carbocycles. The number of nitrogens with zero attached hydrogens (tertiary/aromatic N) is 6. The smallest absolute Gasteiger partial charge is 0.247 e. The number of fused-ring (bicyclic) bond motifs is 1. The number of aryl methyl sites for hydroxylation is 1. The fourth-order valence-electron chi connectivity index (χ4n) is 6.59. The number of ether oxygens (including phenoxy) is 2. The van der Waals surface area contributed by atoms with E-state index in [0.717, 1.165) is 78.3 Å². The predicted molar refractivity (Wildman–Crippen MR) is 166 cm³/mol. The van der Waals surface area contributed by atoms with Crippen LogP contribution in [0.5, 0.6) is 0 Å². The topological polar surface area (TPSA) is 110 Å². The van der Waals surface area contributed by atoms with E-state index in [1.807, 2.05) is 49.3 Å². The third-order valence-corrected chi connectivity index (χ3v) is 9.01. The van der Waals surface area contributed by atoms with E-state index in [4.69, 9.17) is 9.47 Å². The van der Waals surface area contributed by atoms with Crippen LogP contribution < -0.4 is 10.6 Å². The van der Waals surface area contributed by atoms with E-state index >= 15 is 0 Å². The molecule has 43 heavy (non-hydrogen) atoms. The molecule has 1 amide bonds. The SMILES string of the molecule is C=CC(=O)NC1=CC(Nc2cc(-c3ccc4c(cnn4C)c3)ncn2)=C(OC)CC1N1CCN(C2CCC(OC)C2)CC1. The third-order valence-electron chi connectivity index (χ3n) is 9.01. The minimum Gasteiger partial charge on any atom is -0.499 e. The number of anilines is 1. The Kier molecular flexibility index (Phi) is 8.55. The lowest BCUT2D eigenvalue weighted by Gasteiger charge is -2.43. The second-order valence-electron chi connectivity index (χ2n) is 11.4. The molecule has 1 aliphatic heterocycles. The van der Waals surface area contributed by atoms with Crippen LogP contribution >= 0.6 is 0 Å². The van der Waals surface area contributed by atoms with Gasteiger partial charge in [-0.3, -0.25) is 19.3 Å². The molecule has 2 aliphatic carbocycles. The number of aromatic nitrogens is 4. The summed E-state index contributed by atoms with van der Waals surface area (Å²) in [6, 6.07) is 8.63. The first-order valence-corrected chi connectivity index (χ1v) is 14.9. The number of amides is 1. The highest BCUT2D eigenvalue weighted by Gasteiger charge is 2.35. The molecular weight excluding hydrogens is 544 g/mol. The van der Waals surface area contributed by atoms with Gasteiger partial charge in [0.1, 0.15) is 17.9 Å². The van der Waals surface area contributed by atoms with E-state index < -0.39 is 0 Å². The van der Waals surface area contributed by atoms with Crippen LogP contribution in [0.4, 0.5) is 5.82 Å². The summed E-state index contributed by atoms with van der Waals surface area (Å²) in [5.74, 6) is 1.20. The summed E-state index contributed by atoms with van der Waals surface area (Å²) in [5.41, 5.74) is 4.39. The fourth-order valence-corrected chi connectivity index (χ4v) is 6.59. The van der Waals surface area contributed by atoms with Crippen molar-refractivity contribution >= 4 is 22.6 Å². The van der Waals surface area contributed by atoms with Crippen LogP contribution in [0, 0.1) is 0 Å². The van der Waals surface area contributed by atoms with E-state index in [2.05, 4.69) is 48.1 Å². The van der Waals surface area contributed by atoms with Crippen LogP contribution in [0.3, 0.4) is 0 Å². The number of allylic oxidation sites excluding steroid dienone is 1. The summed E-state index contributed by atoms with van der Waals surface area (Å²) in [4.78, 5) is 26.5. The molecular formula is C32H40N8O3. The maximum atomic E-state index is 12.5. The Hall–Kier alpha value is -4.06. The van der Waals surface area contributed by atoms with Gasteiger partial charge in [0, 0.05) is 75.5 Å². The molecule has 1 saturated carbocycles. The van der Waals surface area contributed by atoms with Crippen molar-refractivity contribution in [3.8, 4) is 11.3 Å². The molecule has 0 spiro atoms. The van der Waals surface area contributed by atoms with Crippen molar-refractivity contribution in [2.75, 3.05) is 45.7 Å². The average molecular weight is 585 g/mol. The molecule has 2 fully saturated rings. The number of benzene rings is 1. The Morgan fingerprint density at radius 3 is 2.65 bits per heavy atom. The zero-order valence-electron chi connectivity index (χ0n) is 25.1. The summed E-state index contributed by atoms with van der Waals surface area (Å²) in [5, 5.41) is 11.9. The Morgan fingerprint density at radius 1 is 1.09 bits per heavy atom. The molecule has 0 radical (unpaired) electrons. The monoisotopic (exact) mass is 584 g/mol. The van der Waals surface area contributed by atoms with E-state index in [1.165, 1.54) is 12.5 Å². The van der Waals surface area contributed by atoms with Gasteiger partial charge in [0.15, 0.2) is 0 Å². The molecule has 3 heterocycles. The van der Waals surface area contributed by atoms with Crippen molar-refractivity contribution in [2.45, 2.75) is 43.9 Å². The number of piperazine rings is 1. The van der Waals surface area contributed by atoms with Crippen LogP contribution in [0.1, 0.15) is 25.7 Å². The van der Waals surface area contributed by atoms with Gasteiger partial charge in [-0.2, -0.15) is 5.10 Å². The number of methoxy groups -OCH3 is 2. The minimum atomic E-state index is -0.234. The Balaban J connectivity index is 1.20. The van der Waals surface area contributed by atoms with E-state index in [1.54, 1.807) is 13.4 Å². The average Bonchev–Trinajstić information content (AvgIpc) is 3.68. The van der Waals surface area contributed by atoms with Crippen molar-refractivity contribution < 1.29 is 14.3 Å². The summed E-state index contributed by atoms with van der Waals surface area (Å²) in [6.07, 6.45) is 11.1. The lowest BCUT2D eigenvalue weighted by Crippen LogP contribution is -2.55. The Bertz CT molecular complexity index is 1550. The number of hydrogen-bond donors (Lipinski definition) is 2. The van der Waals surface area contributed by atoms with Gasteiger partial charge in [-0.1, -0.05) is 12.6 Å². The number of hydrogen-bond acceptors (Lipinski definition) is 9. The lowest BCUT2D eigenvalue weighted by atomic mass is 9.97. The van der Waals surface area contributed by atoms with E-state index in [9.17, 15) is 4.79 Å². The summed E-state index contributed by atoms with van der Waals surface area (Å²) >= 11 is 0. The predicted octanol–water partition coefficient (Wildman–Crippen LogP) is 3.44.